The van der Waals surface area contributed by atoms with Crippen molar-refractivity contribution < 1.29 is 19.0 Å². The summed E-state index contributed by atoms with van der Waals surface area (Å²) >= 11 is 0. The summed E-state index contributed by atoms with van der Waals surface area (Å²) in [5.74, 6) is 1.68. The van der Waals surface area contributed by atoms with E-state index in [0.29, 0.717) is 23.8 Å². The van der Waals surface area contributed by atoms with Crippen LogP contribution in [0, 0.1) is 0 Å². The van der Waals surface area contributed by atoms with E-state index in [0.717, 1.165) is 12.1 Å². The maximum Gasteiger partial charge on any atom is 0.226 e. The highest BCUT2D eigenvalue weighted by molar-refractivity contribution is 5.79. The van der Waals surface area contributed by atoms with Crippen molar-refractivity contribution in [1.82, 2.24) is 10.2 Å². The van der Waals surface area contributed by atoms with Crippen molar-refractivity contribution in [1.29, 1.82) is 0 Å². The lowest BCUT2D eigenvalue weighted by molar-refractivity contribution is -0.129. The van der Waals surface area contributed by atoms with Crippen LogP contribution in [-0.2, 0) is 11.2 Å². The molecule has 0 fully saturated rings. The quantitative estimate of drug-likeness (QED) is 0.773. The molecule has 0 bridgehead atoms. The smallest absolute Gasteiger partial charge is 0.226 e. The average molecular weight is 296 g/mol. The van der Waals surface area contributed by atoms with Crippen LogP contribution in [0.15, 0.2) is 12.1 Å². The first-order valence-electron chi connectivity index (χ1n) is 6.74. The van der Waals surface area contributed by atoms with E-state index >= 15 is 0 Å². The molecular weight excluding hydrogens is 272 g/mol. The van der Waals surface area contributed by atoms with Gasteiger partial charge in [0.2, 0.25) is 11.7 Å². The van der Waals surface area contributed by atoms with Crippen LogP contribution in [0.2, 0.25) is 0 Å². The van der Waals surface area contributed by atoms with Crippen LogP contribution < -0.4 is 19.5 Å². The Morgan fingerprint density at radius 3 is 2.14 bits per heavy atom. The SMILES string of the molecule is CNCCN(C)C(=O)Cc1cc(OC)c(OC)c(OC)c1. The minimum Gasteiger partial charge on any atom is -0.493 e. The third kappa shape index (κ3) is 4.53. The molecule has 0 aliphatic carbocycles. The second kappa shape index (κ2) is 8.36. The standard InChI is InChI=1S/C15H24N2O4/c1-16-6-7-17(2)14(18)10-11-8-12(19-3)15(21-5)13(9-11)20-4/h8-9,16H,6-7,10H2,1-5H3. The van der Waals surface area contributed by atoms with Crippen molar-refractivity contribution in [3.05, 3.63) is 17.7 Å². The number of likely N-dealkylation sites (N-methyl/N-ethyl adjacent to an activating group) is 2. The number of methoxy groups -OCH3 is 3. The van der Waals surface area contributed by atoms with Gasteiger partial charge in [0.1, 0.15) is 0 Å². The van der Waals surface area contributed by atoms with Gasteiger partial charge in [-0.3, -0.25) is 4.79 Å². The molecule has 6 nitrogen and oxygen atoms in total. The summed E-state index contributed by atoms with van der Waals surface area (Å²) < 4.78 is 15.8. The second-order valence-corrected chi connectivity index (χ2v) is 4.63. The van der Waals surface area contributed by atoms with E-state index in [2.05, 4.69) is 5.32 Å². The Balaban J connectivity index is 2.91. The highest BCUT2D eigenvalue weighted by Crippen LogP contribution is 2.38. The normalized spacial score (nSPS) is 10.1. The Morgan fingerprint density at radius 1 is 1.14 bits per heavy atom. The van der Waals surface area contributed by atoms with Crippen molar-refractivity contribution in [3.63, 3.8) is 0 Å². The number of amides is 1. The summed E-state index contributed by atoms with van der Waals surface area (Å²) in [6.45, 7) is 1.43. The molecule has 21 heavy (non-hydrogen) atoms. The van der Waals surface area contributed by atoms with Gasteiger partial charge >= 0.3 is 0 Å². The number of carbonyl (C=O) groups is 1. The molecule has 0 aliphatic rings. The van der Waals surface area contributed by atoms with Crippen molar-refractivity contribution in [2.24, 2.45) is 0 Å². The summed E-state index contributed by atoms with van der Waals surface area (Å²) in [5.41, 5.74) is 0.825. The fourth-order valence-corrected chi connectivity index (χ4v) is 1.95. The van der Waals surface area contributed by atoms with E-state index in [1.54, 1.807) is 45.4 Å². The molecule has 0 saturated heterocycles. The topological polar surface area (TPSA) is 60.0 Å². The maximum atomic E-state index is 12.2. The van der Waals surface area contributed by atoms with Crippen LogP contribution in [0.3, 0.4) is 0 Å². The van der Waals surface area contributed by atoms with Crippen molar-refractivity contribution in [2.75, 3.05) is 48.5 Å². The molecule has 0 aliphatic heterocycles. The molecule has 0 spiro atoms. The first-order chi connectivity index (χ1) is 10.1. The van der Waals surface area contributed by atoms with Crippen LogP contribution in [0.4, 0.5) is 0 Å². The molecule has 118 valence electrons. The molecule has 1 N–H and O–H groups in total. The van der Waals surface area contributed by atoms with Crippen LogP contribution in [-0.4, -0.2) is 59.3 Å². The van der Waals surface area contributed by atoms with Crippen LogP contribution >= 0.6 is 0 Å². The number of benzene rings is 1. The predicted molar refractivity (Wildman–Crippen MR) is 81.4 cm³/mol. The number of hydrogen-bond acceptors (Lipinski definition) is 5. The third-order valence-corrected chi connectivity index (χ3v) is 3.20. The van der Waals surface area contributed by atoms with Gasteiger partial charge in [-0.2, -0.15) is 0 Å². The van der Waals surface area contributed by atoms with E-state index in [1.165, 1.54) is 0 Å². The molecule has 0 heterocycles. The largest absolute Gasteiger partial charge is 0.493 e. The van der Waals surface area contributed by atoms with Gasteiger partial charge in [0.25, 0.3) is 0 Å². The summed E-state index contributed by atoms with van der Waals surface area (Å²) in [5, 5.41) is 3.02. The van der Waals surface area contributed by atoms with Gasteiger partial charge in [-0.05, 0) is 24.7 Å². The monoisotopic (exact) mass is 296 g/mol. The Bertz CT molecular complexity index is 452. The zero-order valence-corrected chi connectivity index (χ0v) is 13.4. The first-order valence-corrected chi connectivity index (χ1v) is 6.74. The Hall–Kier alpha value is -1.95. The Labute approximate surface area is 126 Å². The third-order valence-electron chi connectivity index (χ3n) is 3.20. The molecule has 1 aromatic rings. The average Bonchev–Trinajstić information content (AvgIpc) is 2.51. The maximum absolute atomic E-state index is 12.2. The number of rotatable bonds is 8. The molecule has 0 saturated carbocycles. The highest BCUT2D eigenvalue weighted by atomic mass is 16.5. The first kappa shape index (κ1) is 17.1. The van der Waals surface area contributed by atoms with Crippen molar-refractivity contribution in [2.45, 2.75) is 6.42 Å². The number of ether oxygens (including phenoxy) is 3. The van der Waals surface area contributed by atoms with Gasteiger partial charge in [0.05, 0.1) is 27.8 Å². The minimum atomic E-state index is 0.0412. The lowest BCUT2D eigenvalue weighted by Crippen LogP contribution is -2.33. The van der Waals surface area contributed by atoms with E-state index in [-0.39, 0.29) is 12.3 Å². The fourth-order valence-electron chi connectivity index (χ4n) is 1.95. The summed E-state index contributed by atoms with van der Waals surface area (Å²) in [6, 6.07) is 3.59. The molecular formula is C15H24N2O4. The summed E-state index contributed by atoms with van der Waals surface area (Å²) in [7, 11) is 8.32. The van der Waals surface area contributed by atoms with E-state index < -0.39 is 0 Å². The molecule has 0 aromatic heterocycles. The van der Waals surface area contributed by atoms with E-state index in [4.69, 9.17) is 14.2 Å². The summed E-state index contributed by atoms with van der Waals surface area (Å²) in [4.78, 5) is 13.9. The van der Waals surface area contributed by atoms with Crippen LogP contribution in [0.5, 0.6) is 17.2 Å². The molecule has 6 heteroatoms. The van der Waals surface area contributed by atoms with E-state index in [9.17, 15) is 4.79 Å². The van der Waals surface area contributed by atoms with Crippen LogP contribution in [0.1, 0.15) is 5.56 Å². The van der Waals surface area contributed by atoms with Gasteiger partial charge in [0.15, 0.2) is 11.5 Å². The summed E-state index contributed by atoms with van der Waals surface area (Å²) in [6.07, 6.45) is 0.289. The van der Waals surface area contributed by atoms with Crippen molar-refractivity contribution >= 4 is 5.91 Å². The fraction of sp³-hybridized carbons (Fsp3) is 0.533. The molecule has 0 radical (unpaired) electrons. The minimum absolute atomic E-state index is 0.0412. The number of nitrogens with zero attached hydrogens (tertiary/aromatic N) is 1. The van der Waals surface area contributed by atoms with Gasteiger partial charge in [-0.1, -0.05) is 0 Å². The lowest BCUT2D eigenvalue weighted by Gasteiger charge is -2.18. The van der Waals surface area contributed by atoms with Gasteiger partial charge in [-0.25, -0.2) is 0 Å². The number of nitrogens with one attached hydrogen (secondary N) is 1. The Morgan fingerprint density at radius 2 is 1.71 bits per heavy atom. The van der Waals surface area contributed by atoms with Gasteiger partial charge in [-0.15, -0.1) is 0 Å². The molecule has 1 amide bonds. The Kier molecular flexibility index (Phi) is 6.81. The van der Waals surface area contributed by atoms with Gasteiger partial charge in [0, 0.05) is 20.1 Å². The molecule has 1 rings (SSSR count). The van der Waals surface area contributed by atoms with E-state index in [1.807, 2.05) is 7.05 Å². The molecule has 0 atom stereocenters. The zero-order chi connectivity index (χ0) is 15.8. The van der Waals surface area contributed by atoms with Crippen LogP contribution in [0.25, 0.3) is 0 Å². The predicted octanol–water partition coefficient (Wildman–Crippen LogP) is 0.933. The number of hydrogen-bond donors (Lipinski definition) is 1. The zero-order valence-electron chi connectivity index (χ0n) is 13.4. The van der Waals surface area contributed by atoms with Crippen molar-refractivity contribution in [3.8, 4) is 17.2 Å². The van der Waals surface area contributed by atoms with Gasteiger partial charge < -0.3 is 24.4 Å². The highest BCUT2D eigenvalue weighted by Gasteiger charge is 2.16. The molecule has 1 aromatic carbocycles. The lowest BCUT2D eigenvalue weighted by atomic mass is 10.1. The second-order valence-electron chi connectivity index (χ2n) is 4.63. The molecule has 0 unspecified atom stereocenters. The number of carbonyl (C=O) groups excluding carboxylic acids is 1.